The van der Waals surface area contributed by atoms with Gasteiger partial charge >= 0.3 is 0 Å². The Labute approximate surface area is 92.1 Å². The molecule has 3 N–H and O–H groups in total. The highest BCUT2D eigenvalue weighted by molar-refractivity contribution is 5.31. The van der Waals surface area contributed by atoms with E-state index < -0.39 is 6.04 Å². The predicted octanol–water partition coefficient (Wildman–Crippen LogP) is 1.00. The fraction of sp³-hybridized carbons (Fsp3) is 0.182. The van der Waals surface area contributed by atoms with Gasteiger partial charge in [-0.25, -0.2) is 9.07 Å². The quantitative estimate of drug-likeness (QED) is 0.812. The second-order valence-electron chi connectivity index (χ2n) is 3.48. The molecule has 0 bridgehead atoms. The minimum absolute atomic E-state index is 0.130. The van der Waals surface area contributed by atoms with Gasteiger partial charge < -0.3 is 10.8 Å². The fourth-order valence-corrected chi connectivity index (χ4v) is 1.37. The van der Waals surface area contributed by atoms with Crippen molar-refractivity contribution in [3.8, 4) is 5.69 Å². The lowest BCUT2D eigenvalue weighted by Crippen LogP contribution is -2.13. The van der Waals surface area contributed by atoms with Crippen molar-refractivity contribution in [2.45, 2.75) is 6.04 Å². The molecule has 0 aliphatic carbocycles. The van der Waals surface area contributed by atoms with E-state index in [2.05, 4.69) is 5.10 Å². The molecule has 2 rings (SSSR count). The molecule has 0 aliphatic rings. The van der Waals surface area contributed by atoms with Gasteiger partial charge in [-0.1, -0.05) is 0 Å². The van der Waals surface area contributed by atoms with Crippen LogP contribution < -0.4 is 5.73 Å². The standard InChI is InChI=1S/C11H12FN3O/c12-9-1-3-10(4-2-9)15-6-8(5-14-15)11(13)7-16/h1-6,11,16H,7,13H2. The molecule has 1 unspecified atom stereocenters. The molecule has 0 saturated heterocycles. The third-order valence-corrected chi connectivity index (χ3v) is 2.32. The number of hydrogen-bond acceptors (Lipinski definition) is 3. The topological polar surface area (TPSA) is 64.1 Å². The zero-order valence-electron chi connectivity index (χ0n) is 8.55. The molecule has 4 nitrogen and oxygen atoms in total. The molecule has 16 heavy (non-hydrogen) atoms. The van der Waals surface area contributed by atoms with Gasteiger partial charge in [0.05, 0.1) is 24.5 Å². The molecule has 1 heterocycles. The molecule has 1 aromatic heterocycles. The largest absolute Gasteiger partial charge is 0.394 e. The number of aliphatic hydroxyl groups is 1. The lowest BCUT2D eigenvalue weighted by atomic mass is 10.2. The van der Waals surface area contributed by atoms with Crippen molar-refractivity contribution < 1.29 is 9.50 Å². The number of halogens is 1. The van der Waals surface area contributed by atoms with Crippen LogP contribution in [-0.4, -0.2) is 21.5 Å². The Balaban J connectivity index is 2.28. The summed E-state index contributed by atoms with van der Waals surface area (Å²) in [7, 11) is 0. The Morgan fingerprint density at radius 1 is 1.38 bits per heavy atom. The Morgan fingerprint density at radius 2 is 2.06 bits per heavy atom. The third kappa shape index (κ3) is 2.10. The van der Waals surface area contributed by atoms with E-state index in [-0.39, 0.29) is 12.4 Å². The number of benzene rings is 1. The van der Waals surface area contributed by atoms with Crippen LogP contribution in [0.2, 0.25) is 0 Å². The van der Waals surface area contributed by atoms with E-state index >= 15 is 0 Å². The van der Waals surface area contributed by atoms with Crippen molar-refractivity contribution in [2.24, 2.45) is 5.73 Å². The van der Waals surface area contributed by atoms with Gasteiger partial charge in [0.2, 0.25) is 0 Å². The Bertz CT molecular complexity index is 466. The van der Waals surface area contributed by atoms with Crippen molar-refractivity contribution >= 4 is 0 Å². The van der Waals surface area contributed by atoms with Gasteiger partial charge in [-0.05, 0) is 24.3 Å². The average Bonchev–Trinajstić information content (AvgIpc) is 2.78. The molecule has 0 fully saturated rings. The Hall–Kier alpha value is -1.72. The molecule has 0 radical (unpaired) electrons. The van der Waals surface area contributed by atoms with Crippen LogP contribution in [0.4, 0.5) is 4.39 Å². The SMILES string of the molecule is NC(CO)c1cnn(-c2ccc(F)cc2)c1. The third-order valence-electron chi connectivity index (χ3n) is 2.32. The van der Waals surface area contributed by atoms with Gasteiger partial charge in [0.15, 0.2) is 0 Å². The first-order valence-corrected chi connectivity index (χ1v) is 4.87. The van der Waals surface area contributed by atoms with E-state index in [4.69, 9.17) is 10.8 Å². The highest BCUT2D eigenvalue weighted by Crippen LogP contribution is 2.12. The number of rotatable bonds is 3. The predicted molar refractivity (Wildman–Crippen MR) is 57.5 cm³/mol. The van der Waals surface area contributed by atoms with Crippen LogP contribution in [0.25, 0.3) is 5.69 Å². The minimum Gasteiger partial charge on any atom is -0.394 e. The average molecular weight is 221 g/mol. The van der Waals surface area contributed by atoms with Crippen molar-refractivity contribution in [1.82, 2.24) is 9.78 Å². The van der Waals surface area contributed by atoms with Crippen molar-refractivity contribution in [3.63, 3.8) is 0 Å². The minimum atomic E-state index is -0.436. The first kappa shape index (κ1) is 10.8. The lowest BCUT2D eigenvalue weighted by Gasteiger charge is -2.03. The first-order valence-electron chi connectivity index (χ1n) is 4.87. The summed E-state index contributed by atoms with van der Waals surface area (Å²) in [5, 5.41) is 13.0. The van der Waals surface area contributed by atoms with Crippen molar-refractivity contribution in [3.05, 3.63) is 48.0 Å². The monoisotopic (exact) mass is 221 g/mol. The highest BCUT2D eigenvalue weighted by atomic mass is 19.1. The van der Waals surface area contributed by atoms with Crippen LogP contribution in [0.1, 0.15) is 11.6 Å². The smallest absolute Gasteiger partial charge is 0.123 e. The van der Waals surface area contributed by atoms with E-state index in [1.807, 2.05) is 0 Å². The summed E-state index contributed by atoms with van der Waals surface area (Å²) in [5.74, 6) is -0.289. The van der Waals surface area contributed by atoms with Gasteiger partial charge in [-0.15, -0.1) is 0 Å². The molecule has 1 aromatic carbocycles. The second kappa shape index (κ2) is 4.42. The van der Waals surface area contributed by atoms with Gasteiger partial charge in [0.25, 0.3) is 0 Å². The van der Waals surface area contributed by atoms with Gasteiger partial charge in [-0.2, -0.15) is 5.10 Å². The summed E-state index contributed by atoms with van der Waals surface area (Å²) in [6.07, 6.45) is 3.30. The van der Waals surface area contributed by atoms with E-state index in [0.29, 0.717) is 0 Å². The number of hydrogen-bond donors (Lipinski definition) is 2. The summed E-state index contributed by atoms with van der Waals surface area (Å²) in [6, 6.07) is 5.53. The fourth-order valence-electron chi connectivity index (χ4n) is 1.37. The Morgan fingerprint density at radius 3 is 2.69 bits per heavy atom. The number of aromatic nitrogens is 2. The molecule has 0 amide bonds. The molecular weight excluding hydrogens is 209 g/mol. The van der Waals surface area contributed by atoms with E-state index in [0.717, 1.165) is 11.3 Å². The van der Waals surface area contributed by atoms with Gasteiger partial charge in [0.1, 0.15) is 5.82 Å². The zero-order chi connectivity index (χ0) is 11.5. The van der Waals surface area contributed by atoms with Crippen LogP contribution in [0, 0.1) is 5.82 Å². The molecule has 0 spiro atoms. The molecular formula is C11H12FN3O. The van der Waals surface area contributed by atoms with E-state index in [1.54, 1.807) is 29.2 Å². The maximum atomic E-state index is 12.7. The van der Waals surface area contributed by atoms with Crippen LogP contribution in [0.5, 0.6) is 0 Å². The maximum absolute atomic E-state index is 12.7. The molecule has 2 aromatic rings. The number of aliphatic hydroxyl groups excluding tert-OH is 1. The van der Waals surface area contributed by atoms with Crippen LogP contribution in [0.15, 0.2) is 36.7 Å². The van der Waals surface area contributed by atoms with E-state index in [9.17, 15) is 4.39 Å². The normalized spacial score (nSPS) is 12.7. The maximum Gasteiger partial charge on any atom is 0.123 e. The molecule has 5 heteroatoms. The van der Waals surface area contributed by atoms with Gasteiger partial charge in [0, 0.05) is 11.8 Å². The molecule has 0 aliphatic heterocycles. The summed E-state index contributed by atoms with van der Waals surface area (Å²) >= 11 is 0. The summed E-state index contributed by atoms with van der Waals surface area (Å²) in [4.78, 5) is 0. The Kier molecular flexibility index (Phi) is 2.98. The number of nitrogens with two attached hydrogens (primary N) is 1. The van der Waals surface area contributed by atoms with Crippen LogP contribution in [0.3, 0.4) is 0 Å². The summed E-state index contributed by atoms with van der Waals surface area (Å²) < 4.78 is 14.3. The van der Waals surface area contributed by atoms with Crippen molar-refractivity contribution in [1.29, 1.82) is 0 Å². The first-order chi connectivity index (χ1) is 7.70. The molecule has 1 atom stereocenters. The van der Waals surface area contributed by atoms with Crippen molar-refractivity contribution in [2.75, 3.05) is 6.61 Å². The highest BCUT2D eigenvalue weighted by Gasteiger charge is 2.07. The summed E-state index contributed by atoms with van der Waals surface area (Å²) in [6.45, 7) is -0.130. The lowest BCUT2D eigenvalue weighted by molar-refractivity contribution is 0.268. The van der Waals surface area contributed by atoms with Gasteiger partial charge in [-0.3, -0.25) is 0 Å². The zero-order valence-corrected chi connectivity index (χ0v) is 8.55. The summed E-state index contributed by atoms with van der Waals surface area (Å²) in [5.41, 5.74) is 7.14. The van der Waals surface area contributed by atoms with Crippen LogP contribution in [-0.2, 0) is 0 Å². The van der Waals surface area contributed by atoms with E-state index in [1.165, 1.54) is 12.1 Å². The second-order valence-corrected chi connectivity index (χ2v) is 3.48. The van der Waals surface area contributed by atoms with Crippen LogP contribution >= 0.6 is 0 Å². The molecule has 0 saturated carbocycles. The number of nitrogens with zero attached hydrogens (tertiary/aromatic N) is 2. The molecule has 84 valence electrons.